The average molecular weight is 448 g/mol. The van der Waals surface area contributed by atoms with Crippen LogP contribution in [0.3, 0.4) is 0 Å². The first-order valence-electron chi connectivity index (χ1n) is 7.35. The van der Waals surface area contributed by atoms with Crippen LogP contribution in [0.25, 0.3) is 0 Å². The highest BCUT2D eigenvalue weighted by atomic mass is 127. The first-order chi connectivity index (χ1) is 10.7. The van der Waals surface area contributed by atoms with E-state index < -0.39 is 0 Å². The van der Waals surface area contributed by atoms with E-state index >= 15 is 0 Å². The van der Waals surface area contributed by atoms with E-state index in [0.29, 0.717) is 6.54 Å². The summed E-state index contributed by atoms with van der Waals surface area (Å²) in [5.41, 5.74) is 2.41. The minimum atomic E-state index is 0. The van der Waals surface area contributed by atoms with Crippen LogP contribution in [0.5, 0.6) is 0 Å². The lowest BCUT2D eigenvalue weighted by molar-refractivity contribution is 0.680. The highest BCUT2D eigenvalue weighted by molar-refractivity contribution is 14.0. The van der Waals surface area contributed by atoms with Gasteiger partial charge in [0.15, 0.2) is 5.96 Å². The molecule has 0 radical (unpaired) electrons. The van der Waals surface area contributed by atoms with Crippen molar-refractivity contribution < 1.29 is 0 Å². The molecule has 5 nitrogen and oxygen atoms in total. The van der Waals surface area contributed by atoms with Gasteiger partial charge < -0.3 is 10.6 Å². The molecule has 0 atom stereocenters. The van der Waals surface area contributed by atoms with Crippen molar-refractivity contribution in [2.75, 3.05) is 13.6 Å². The van der Waals surface area contributed by atoms with Crippen molar-refractivity contribution in [3.8, 4) is 0 Å². The highest BCUT2D eigenvalue weighted by Crippen LogP contribution is 2.10. The second kappa shape index (κ2) is 10.5. The van der Waals surface area contributed by atoms with Crippen molar-refractivity contribution in [1.82, 2.24) is 20.4 Å². The third-order valence-electron chi connectivity index (χ3n) is 3.43. The number of rotatable bonds is 6. The van der Waals surface area contributed by atoms with E-state index in [2.05, 4.69) is 32.9 Å². The molecule has 0 bridgehead atoms. The summed E-state index contributed by atoms with van der Waals surface area (Å²) < 4.78 is 1.85. The largest absolute Gasteiger partial charge is 0.356 e. The highest BCUT2D eigenvalue weighted by Gasteiger charge is 2.01. The molecule has 126 valence electrons. The van der Waals surface area contributed by atoms with Crippen molar-refractivity contribution in [3.05, 3.63) is 52.8 Å². The summed E-state index contributed by atoms with van der Waals surface area (Å²) in [6.45, 7) is 1.57. The standard InChI is InChI=1S/C16H22ClN5.HI/c1-18-16(20-12-15-9-11-21-22(15)2)19-10-3-4-13-5-7-14(17)8-6-13;/h5-9,11H,3-4,10,12H2,1-2H3,(H2,18,19,20);1H. The Kier molecular flexibility index (Phi) is 9.01. The summed E-state index contributed by atoms with van der Waals surface area (Å²) in [7, 11) is 3.71. The monoisotopic (exact) mass is 447 g/mol. The van der Waals surface area contributed by atoms with Gasteiger partial charge in [-0.3, -0.25) is 9.67 Å². The van der Waals surface area contributed by atoms with Crippen molar-refractivity contribution in [1.29, 1.82) is 0 Å². The first-order valence-corrected chi connectivity index (χ1v) is 7.72. The molecule has 2 rings (SSSR count). The maximum Gasteiger partial charge on any atom is 0.191 e. The van der Waals surface area contributed by atoms with Crippen molar-refractivity contribution >= 4 is 41.5 Å². The molecule has 0 aliphatic rings. The van der Waals surface area contributed by atoms with E-state index in [4.69, 9.17) is 11.6 Å². The van der Waals surface area contributed by atoms with Gasteiger partial charge in [0, 0.05) is 31.9 Å². The number of halogens is 2. The number of aromatic nitrogens is 2. The lowest BCUT2D eigenvalue weighted by Crippen LogP contribution is -2.37. The first kappa shape index (κ1) is 19.8. The van der Waals surface area contributed by atoms with Gasteiger partial charge in [-0.25, -0.2) is 0 Å². The fourth-order valence-electron chi connectivity index (χ4n) is 2.12. The van der Waals surface area contributed by atoms with E-state index in [1.54, 1.807) is 13.2 Å². The number of benzene rings is 1. The SMILES string of the molecule is CN=C(NCCCc1ccc(Cl)cc1)NCc1ccnn1C.I. The average Bonchev–Trinajstić information content (AvgIpc) is 2.93. The smallest absolute Gasteiger partial charge is 0.191 e. The second-order valence-corrected chi connectivity index (χ2v) is 5.47. The molecule has 0 fully saturated rings. The van der Waals surface area contributed by atoms with Crippen LogP contribution in [0, 0.1) is 0 Å². The van der Waals surface area contributed by atoms with Gasteiger partial charge in [0.25, 0.3) is 0 Å². The third kappa shape index (κ3) is 6.78. The van der Waals surface area contributed by atoms with Crippen LogP contribution in [0.15, 0.2) is 41.5 Å². The van der Waals surface area contributed by atoms with Crippen LogP contribution in [-0.4, -0.2) is 29.3 Å². The topological polar surface area (TPSA) is 54.2 Å². The number of hydrogen-bond acceptors (Lipinski definition) is 2. The second-order valence-electron chi connectivity index (χ2n) is 5.03. The van der Waals surface area contributed by atoms with Gasteiger partial charge >= 0.3 is 0 Å². The van der Waals surface area contributed by atoms with Gasteiger partial charge in [-0.1, -0.05) is 23.7 Å². The molecule has 1 heterocycles. The Hall–Kier alpha value is -1.28. The number of hydrogen-bond donors (Lipinski definition) is 2. The molecule has 1 aromatic carbocycles. The number of aliphatic imine (C=N–C) groups is 1. The maximum atomic E-state index is 5.88. The summed E-state index contributed by atoms with van der Waals surface area (Å²) in [5, 5.41) is 11.5. The van der Waals surface area contributed by atoms with Crippen molar-refractivity contribution in [2.24, 2.45) is 12.0 Å². The zero-order chi connectivity index (χ0) is 15.8. The summed E-state index contributed by atoms with van der Waals surface area (Å²) in [4.78, 5) is 4.22. The third-order valence-corrected chi connectivity index (χ3v) is 3.68. The predicted molar refractivity (Wildman–Crippen MR) is 107 cm³/mol. The summed E-state index contributed by atoms with van der Waals surface area (Å²) >= 11 is 5.88. The Balaban J connectivity index is 0.00000264. The van der Waals surface area contributed by atoms with Gasteiger partial charge in [-0.05, 0) is 36.6 Å². The molecule has 0 aliphatic heterocycles. The number of guanidine groups is 1. The molecule has 0 aliphatic carbocycles. The Labute approximate surface area is 159 Å². The fraction of sp³-hybridized carbons (Fsp3) is 0.375. The van der Waals surface area contributed by atoms with Gasteiger partial charge in [-0.2, -0.15) is 5.10 Å². The Bertz CT molecular complexity index is 609. The molecule has 2 aromatic rings. The minimum absolute atomic E-state index is 0. The van der Waals surface area contributed by atoms with Crippen molar-refractivity contribution in [2.45, 2.75) is 19.4 Å². The van der Waals surface area contributed by atoms with E-state index in [-0.39, 0.29) is 24.0 Å². The van der Waals surface area contributed by atoms with Gasteiger partial charge in [0.05, 0.1) is 12.2 Å². The van der Waals surface area contributed by atoms with E-state index in [1.807, 2.05) is 29.9 Å². The quantitative estimate of drug-likeness (QED) is 0.310. The van der Waals surface area contributed by atoms with E-state index in [0.717, 1.165) is 36.1 Å². The van der Waals surface area contributed by atoms with Gasteiger partial charge in [0.1, 0.15) is 0 Å². The fourth-order valence-corrected chi connectivity index (χ4v) is 2.25. The molecule has 7 heteroatoms. The summed E-state index contributed by atoms with van der Waals surface area (Å²) in [6, 6.07) is 9.98. The molecule has 23 heavy (non-hydrogen) atoms. The lowest BCUT2D eigenvalue weighted by atomic mass is 10.1. The molecule has 0 spiro atoms. The van der Waals surface area contributed by atoms with Crippen molar-refractivity contribution in [3.63, 3.8) is 0 Å². The lowest BCUT2D eigenvalue weighted by Gasteiger charge is -2.12. The molecule has 0 saturated carbocycles. The van der Waals surface area contributed by atoms with Crippen LogP contribution < -0.4 is 10.6 Å². The zero-order valence-electron chi connectivity index (χ0n) is 13.4. The Morgan fingerprint density at radius 3 is 2.57 bits per heavy atom. The molecule has 1 aromatic heterocycles. The number of aryl methyl sites for hydroxylation is 2. The molecule has 0 unspecified atom stereocenters. The molecule has 0 saturated heterocycles. The van der Waals surface area contributed by atoms with Gasteiger partial charge in [-0.15, -0.1) is 24.0 Å². The van der Waals surface area contributed by atoms with Crippen LogP contribution in [0.2, 0.25) is 5.02 Å². The minimum Gasteiger partial charge on any atom is -0.356 e. The van der Waals surface area contributed by atoms with Crippen LogP contribution >= 0.6 is 35.6 Å². The molecular formula is C16H23ClIN5. The van der Waals surface area contributed by atoms with E-state index in [1.165, 1.54) is 5.56 Å². The number of nitrogens with zero attached hydrogens (tertiary/aromatic N) is 3. The predicted octanol–water partition coefficient (Wildman–Crippen LogP) is 2.99. The Morgan fingerprint density at radius 2 is 1.96 bits per heavy atom. The van der Waals surface area contributed by atoms with Crippen LogP contribution in [-0.2, 0) is 20.0 Å². The van der Waals surface area contributed by atoms with Gasteiger partial charge in [0.2, 0.25) is 0 Å². The maximum absolute atomic E-state index is 5.88. The number of nitrogens with one attached hydrogen (secondary N) is 2. The summed E-state index contributed by atoms with van der Waals surface area (Å²) in [6.07, 6.45) is 3.84. The van der Waals surface area contributed by atoms with E-state index in [9.17, 15) is 0 Å². The van der Waals surface area contributed by atoms with Crippen LogP contribution in [0.1, 0.15) is 17.7 Å². The Morgan fingerprint density at radius 1 is 1.22 bits per heavy atom. The normalized spacial score (nSPS) is 11.0. The van der Waals surface area contributed by atoms with Crippen LogP contribution in [0.4, 0.5) is 0 Å². The molecule has 2 N–H and O–H groups in total. The zero-order valence-corrected chi connectivity index (χ0v) is 16.5. The molecule has 0 amide bonds. The molecular weight excluding hydrogens is 425 g/mol. The summed E-state index contributed by atoms with van der Waals surface area (Å²) in [5.74, 6) is 0.803.